The van der Waals surface area contributed by atoms with Gasteiger partial charge in [-0.3, -0.25) is 0 Å². The van der Waals surface area contributed by atoms with Gasteiger partial charge in [0.2, 0.25) is 0 Å². The first-order valence-electron chi connectivity index (χ1n) is 10.8. The summed E-state index contributed by atoms with van der Waals surface area (Å²) < 4.78 is 30.4. The molecule has 2 fully saturated rings. The van der Waals surface area contributed by atoms with Gasteiger partial charge >= 0.3 is 5.97 Å². The van der Waals surface area contributed by atoms with Gasteiger partial charge < -0.3 is 23.4 Å². The molecule has 0 amide bonds. The van der Waals surface area contributed by atoms with Crippen LogP contribution in [0.4, 0.5) is 0 Å². The molecule has 0 unspecified atom stereocenters. The monoisotopic (exact) mass is 436 g/mol. The van der Waals surface area contributed by atoms with E-state index in [-0.39, 0.29) is 42.0 Å². The van der Waals surface area contributed by atoms with Crippen molar-refractivity contribution < 1.29 is 28.2 Å². The maximum Gasteiger partial charge on any atom is 0.338 e. The van der Waals surface area contributed by atoms with Gasteiger partial charge in [-0.15, -0.1) is 0 Å². The minimum absolute atomic E-state index is 0.127. The molecule has 6 nitrogen and oxygen atoms in total. The molecular weight excluding hydrogens is 400 g/mol. The summed E-state index contributed by atoms with van der Waals surface area (Å²) in [5.41, 5.74) is 0.546. The van der Waals surface area contributed by atoms with Crippen LogP contribution in [0.5, 0.6) is 0 Å². The number of benzene rings is 1. The minimum atomic E-state index is -1.90. The van der Waals surface area contributed by atoms with Gasteiger partial charge in [-0.25, -0.2) is 4.79 Å². The normalized spacial score (nSPS) is 28.4. The molecule has 1 aromatic carbocycles. The second kappa shape index (κ2) is 8.71. The molecule has 0 spiro atoms. The summed E-state index contributed by atoms with van der Waals surface area (Å²) in [6.07, 6.45) is -0.215. The van der Waals surface area contributed by atoms with Gasteiger partial charge in [-0.1, -0.05) is 39.0 Å². The van der Waals surface area contributed by atoms with Crippen LogP contribution in [0, 0.1) is 0 Å². The number of ether oxygens (including phenoxy) is 4. The Balaban J connectivity index is 1.58. The van der Waals surface area contributed by atoms with E-state index in [1.807, 2.05) is 32.0 Å². The fourth-order valence-electron chi connectivity index (χ4n) is 3.57. The SMILES string of the molecule is CC1(C)O[C@@H]2[C@H](O1)[C@@H](CO[Si](C)(C)C(C)(C)C)O[C@H]2CCOC(=O)c1ccccc1. The number of rotatable bonds is 7. The summed E-state index contributed by atoms with van der Waals surface area (Å²) in [5.74, 6) is -0.986. The van der Waals surface area contributed by atoms with Crippen molar-refractivity contribution in [1.82, 2.24) is 0 Å². The average Bonchev–Trinajstić information content (AvgIpc) is 3.13. The number of fused-ring (bicyclic) bond motifs is 1. The Hall–Kier alpha value is -1.25. The van der Waals surface area contributed by atoms with Gasteiger partial charge in [0.05, 0.1) is 24.9 Å². The third kappa shape index (κ3) is 5.32. The van der Waals surface area contributed by atoms with Crippen LogP contribution in [0.25, 0.3) is 0 Å². The molecule has 2 aliphatic heterocycles. The summed E-state index contributed by atoms with van der Waals surface area (Å²) in [5, 5.41) is 0.127. The van der Waals surface area contributed by atoms with E-state index in [0.29, 0.717) is 18.6 Å². The number of esters is 1. The van der Waals surface area contributed by atoms with E-state index in [9.17, 15) is 4.79 Å². The van der Waals surface area contributed by atoms with Crippen molar-refractivity contribution in [1.29, 1.82) is 0 Å². The van der Waals surface area contributed by atoms with E-state index in [4.69, 9.17) is 23.4 Å². The molecule has 2 heterocycles. The molecule has 0 radical (unpaired) electrons. The lowest BCUT2D eigenvalue weighted by atomic mass is 10.1. The molecule has 168 valence electrons. The fraction of sp³-hybridized carbons (Fsp3) is 0.696. The van der Waals surface area contributed by atoms with E-state index in [0.717, 1.165) is 0 Å². The Bertz CT molecular complexity index is 727. The highest BCUT2D eigenvalue weighted by Crippen LogP contribution is 2.41. The second-order valence-corrected chi connectivity index (χ2v) is 14.9. The standard InChI is InChI=1S/C23H36O6Si/c1-22(2,3)30(6,7)26-15-18-20-19(28-23(4,5)29-20)17(27-18)13-14-25-21(24)16-11-9-8-10-12-16/h8-12,17-20H,13-15H2,1-7H3/t17-,18+,19-,20+/m0/s1. The number of hydrogen-bond acceptors (Lipinski definition) is 6. The maximum atomic E-state index is 12.2. The highest BCUT2D eigenvalue weighted by Gasteiger charge is 2.55. The Morgan fingerprint density at radius 2 is 1.67 bits per heavy atom. The van der Waals surface area contributed by atoms with E-state index in [1.165, 1.54) is 0 Å². The van der Waals surface area contributed by atoms with Crippen LogP contribution in [0.3, 0.4) is 0 Å². The molecule has 0 bridgehead atoms. The molecule has 0 aliphatic carbocycles. The number of hydrogen-bond donors (Lipinski definition) is 0. The van der Waals surface area contributed by atoms with Gasteiger partial charge in [0.1, 0.15) is 18.3 Å². The fourth-order valence-corrected chi connectivity index (χ4v) is 4.58. The van der Waals surface area contributed by atoms with Crippen molar-refractivity contribution in [3.05, 3.63) is 35.9 Å². The molecule has 3 rings (SSSR count). The van der Waals surface area contributed by atoms with Crippen LogP contribution in [-0.2, 0) is 23.4 Å². The lowest BCUT2D eigenvalue weighted by molar-refractivity contribution is -0.190. The molecule has 0 N–H and O–H groups in total. The third-order valence-corrected chi connectivity index (χ3v) is 10.8. The Morgan fingerprint density at radius 1 is 1.07 bits per heavy atom. The van der Waals surface area contributed by atoms with E-state index < -0.39 is 14.1 Å². The quantitative estimate of drug-likeness (QED) is 0.462. The highest BCUT2D eigenvalue weighted by molar-refractivity contribution is 6.74. The molecule has 1 aromatic rings. The molecule has 30 heavy (non-hydrogen) atoms. The zero-order chi connectivity index (χ0) is 22.2. The molecule has 0 aromatic heterocycles. The Labute approximate surface area is 181 Å². The van der Waals surface area contributed by atoms with Gasteiger partial charge in [-0.2, -0.15) is 0 Å². The van der Waals surface area contributed by atoms with Crippen molar-refractivity contribution in [3.8, 4) is 0 Å². The zero-order valence-corrected chi connectivity index (χ0v) is 20.3. The topological polar surface area (TPSA) is 63.2 Å². The number of carbonyl (C=O) groups excluding carboxylic acids is 1. The van der Waals surface area contributed by atoms with Crippen molar-refractivity contribution >= 4 is 14.3 Å². The van der Waals surface area contributed by atoms with Gasteiger partial charge in [0.25, 0.3) is 0 Å². The maximum absolute atomic E-state index is 12.2. The van der Waals surface area contributed by atoms with Crippen LogP contribution in [0.1, 0.15) is 51.4 Å². The predicted octanol–water partition coefficient (Wildman–Crippen LogP) is 4.54. The van der Waals surface area contributed by atoms with Crippen LogP contribution in [0.15, 0.2) is 30.3 Å². The summed E-state index contributed by atoms with van der Waals surface area (Å²) >= 11 is 0. The van der Waals surface area contributed by atoms with Gasteiger partial charge in [0, 0.05) is 6.42 Å². The molecule has 7 heteroatoms. The highest BCUT2D eigenvalue weighted by atomic mass is 28.4. The molecule has 2 aliphatic rings. The van der Waals surface area contributed by atoms with E-state index >= 15 is 0 Å². The van der Waals surface area contributed by atoms with Crippen molar-refractivity contribution in [2.75, 3.05) is 13.2 Å². The van der Waals surface area contributed by atoms with E-state index in [2.05, 4.69) is 33.9 Å². The molecule has 4 atom stereocenters. The molecular formula is C23H36O6Si. The van der Waals surface area contributed by atoms with Crippen LogP contribution >= 0.6 is 0 Å². The van der Waals surface area contributed by atoms with Crippen LogP contribution in [-0.4, -0.2) is 57.7 Å². The minimum Gasteiger partial charge on any atom is -0.462 e. The summed E-state index contributed by atoms with van der Waals surface area (Å²) in [7, 11) is -1.90. The van der Waals surface area contributed by atoms with Crippen molar-refractivity contribution in [2.24, 2.45) is 0 Å². The predicted molar refractivity (Wildman–Crippen MR) is 117 cm³/mol. The van der Waals surface area contributed by atoms with Crippen LogP contribution < -0.4 is 0 Å². The lowest BCUT2D eigenvalue weighted by Crippen LogP contribution is -2.44. The van der Waals surface area contributed by atoms with Gasteiger partial charge in [0.15, 0.2) is 14.1 Å². The van der Waals surface area contributed by atoms with Crippen molar-refractivity contribution in [3.63, 3.8) is 0 Å². The molecule has 0 saturated carbocycles. The summed E-state index contributed by atoms with van der Waals surface area (Å²) in [4.78, 5) is 12.2. The number of carbonyl (C=O) groups is 1. The van der Waals surface area contributed by atoms with E-state index in [1.54, 1.807) is 12.1 Å². The largest absolute Gasteiger partial charge is 0.462 e. The first kappa shape index (κ1) is 23.4. The summed E-state index contributed by atoms with van der Waals surface area (Å²) in [6, 6.07) is 9.00. The Kier molecular flexibility index (Phi) is 6.79. The second-order valence-electron chi connectivity index (χ2n) is 10.1. The summed E-state index contributed by atoms with van der Waals surface area (Å²) in [6.45, 7) is 15.7. The lowest BCUT2D eigenvalue weighted by Gasteiger charge is -2.37. The smallest absolute Gasteiger partial charge is 0.338 e. The van der Waals surface area contributed by atoms with Gasteiger partial charge in [-0.05, 0) is 44.1 Å². The third-order valence-electron chi connectivity index (χ3n) is 6.31. The Morgan fingerprint density at radius 3 is 2.27 bits per heavy atom. The zero-order valence-electron chi connectivity index (χ0n) is 19.3. The first-order chi connectivity index (χ1) is 13.9. The van der Waals surface area contributed by atoms with Crippen LogP contribution in [0.2, 0.25) is 18.1 Å². The van der Waals surface area contributed by atoms with Crippen molar-refractivity contribution in [2.45, 2.75) is 89.4 Å². The average molecular weight is 437 g/mol. The molecule has 2 saturated heterocycles. The first-order valence-corrected chi connectivity index (χ1v) is 13.7.